The normalized spacial score (nSPS) is 16.8. The summed E-state index contributed by atoms with van der Waals surface area (Å²) >= 11 is 7.80. The smallest absolute Gasteiger partial charge is 0.319 e. The third kappa shape index (κ3) is 3.39. The van der Waals surface area contributed by atoms with Gasteiger partial charge in [0.2, 0.25) is 0 Å². The number of allylic oxidation sites excluding steroid dienone is 1. The number of rotatable bonds is 3. The zero-order chi connectivity index (χ0) is 19.0. The minimum atomic E-state index is -0.426. The first-order valence-corrected chi connectivity index (χ1v) is 9.49. The van der Waals surface area contributed by atoms with E-state index in [1.165, 1.54) is 11.3 Å². The topological polar surface area (TPSA) is 92.9 Å². The van der Waals surface area contributed by atoms with Gasteiger partial charge >= 0.3 is 6.03 Å². The molecule has 2 amide bonds. The van der Waals surface area contributed by atoms with Crippen molar-refractivity contribution in [2.45, 2.75) is 13.0 Å². The highest BCUT2D eigenvalue weighted by Gasteiger charge is 2.31. The van der Waals surface area contributed by atoms with Crippen molar-refractivity contribution in [3.05, 3.63) is 69.4 Å². The maximum Gasteiger partial charge on any atom is 0.319 e. The van der Waals surface area contributed by atoms with Crippen LogP contribution in [0.2, 0.25) is 5.15 Å². The van der Waals surface area contributed by atoms with Gasteiger partial charge in [-0.05, 0) is 25.1 Å². The molecule has 1 aliphatic heterocycles. The van der Waals surface area contributed by atoms with Gasteiger partial charge in [-0.15, -0.1) is 11.3 Å². The fraction of sp³-hybridized carbons (Fsp3) is 0.105. The molecular weight excluding hydrogens is 382 g/mol. The summed E-state index contributed by atoms with van der Waals surface area (Å²) in [4.78, 5) is 21.0. The summed E-state index contributed by atoms with van der Waals surface area (Å²) in [6, 6.07) is 10.5. The first kappa shape index (κ1) is 17.5. The van der Waals surface area contributed by atoms with Crippen LogP contribution in [0.4, 0.5) is 10.5 Å². The average molecular weight is 398 g/mol. The summed E-state index contributed by atoms with van der Waals surface area (Å²) in [5, 5.41) is 8.89. The molecule has 1 unspecified atom stereocenters. The highest BCUT2D eigenvalue weighted by Crippen LogP contribution is 2.38. The molecular formula is C19H16ClN5OS. The van der Waals surface area contributed by atoms with Gasteiger partial charge in [-0.2, -0.15) is 0 Å². The van der Waals surface area contributed by atoms with Crippen LogP contribution in [0.3, 0.4) is 0 Å². The number of amides is 2. The Bertz CT molecular complexity index is 1040. The van der Waals surface area contributed by atoms with Gasteiger partial charge in [-0.25, -0.2) is 14.8 Å². The van der Waals surface area contributed by atoms with Crippen LogP contribution in [0.25, 0.3) is 16.8 Å². The molecule has 3 aromatic rings. The molecule has 8 heteroatoms. The number of hydrogen-bond acceptors (Lipinski definition) is 5. The van der Waals surface area contributed by atoms with Crippen LogP contribution < -0.4 is 16.4 Å². The number of aromatic nitrogens is 2. The molecule has 27 heavy (non-hydrogen) atoms. The maximum absolute atomic E-state index is 12.1. The number of nitrogens with zero attached hydrogens (tertiary/aromatic N) is 2. The Labute approximate surface area is 165 Å². The lowest BCUT2D eigenvalue weighted by Gasteiger charge is -2.28. The van der Waals surface area contributed by atoms with E-state index in [9.17, 15) is 4.79 Å². The van der Waals surface area contributed by atoms with Crippen molar-refractivity contribution >= 4 is 40.2 Å². The molecule has 6 nitrogen and oxygen atoms in total. The van der Waals surface area contributed by atoms with Crippen molar-refractivity contribution < 1.29 is 4.79 Å². The summed E-state index contributed by atoms with van der Waals surface area (Å²) in [5.74, 6) is 0. The van der Waals surface area contributed by atoms with Crippen molar-refractivity contribution in [2.75, 3.05) is 5.73 Å². The van der Waals surface area contributed by atoms with E-state index in [1.807, 2.05) is 42.6 Å². The summed E-state index contributed by atoms with van der Waals surface area (Å²) in [7, 11) is 0. The van der Waals surface area contributed by atoms with E-state index in [0.717, 1.165) is 33.1 Å². The molecule has 0 bridgehead atoms. The minimum Gasteiger partial charge on any atom is -0.399 e. The maximum atomic E-state index is 12.1. The van der Waals surface area contributed by atoms with Gasteiger partial charge in [0, 0.05) is 39.7 Å². The number of anilines is 1. The molecule has 0 fully saturated rings. The van der Waals surface area contributed by atoms with Crippen LogP contribution in [0.1, 0.15) is 23.5 Å². The second-order valence-electron chi connectivity index (χ2n) is 6.11. The van der Waals surface area contributed by atoms with Gasteiger partial charge in [0.15, 0.2) is 0 Å². The number of carbonyl (C=O) groups excluding carboxylic acids is 1. The predicted octanol–water partition coefficient (Wildman–Crippen LogP) is 4.23. The molecule has 3 heterocycles. The Morgan fingerprint density at radius 2 is 2.00 bits per heavy atom. The van der Waals surface area contributed by atoms with Crippen LogP contribution in [0.15, 0.2) is 53.7 Å². The molecule has 1 atom stereocenters. The van der Waals surface area contributed by atoms with E-state index >= 15 is 0 Å². The zero-order valence-electron chi connectivity index (χ0n) is 14.4. The predicted molar refractivity (Wildman–Crippen MR) is 108 cm³/mol. The summed E-state index contributed by atoms with van der Waals surface area (Å²) in [6.45, 7) is 1.86. The second kappa shape index (κ2) is 7.02. The average Bonchev–Trinajstić information content (AvgIpc) is 3.11. The Morgan fingerprint density at radius 1 is 1.22 bits per heavy atom. The summed E-state index contributed by atoms with van der Waals surface area (Å²) < 4.78 is 0. The number of thiazole rings is 1. The van der Waals surface area contributed by atoms with E-state index in [-0.39, 0.29) is 6.03 Å². The number of urea groups is 1. The zero-order valence-corrected chi connectivity index (χ0v) is 15.9. The van der Waals surface area contributed by atoms with Gasteiger partial charge in [0.1, 0.15) is 10.2 Å². The Morgan fingerprint density at radius 3 is 2.74 bits per heavy atom. The van der Waals surface area contributed by atoms with Crippen molar-refractivity contribution in [3.63, 3.8) is 0 Å². The van der Waals surface area contributed by atoms with Crippen molar-refractivity contribution in [1.82, 2.24) is 20.6 Å². The third-order valence-corrected chi connectivity index (χ3v) is 5.50. The van der Waals surface area contributed by atoms with Crippen LogP contribution in [-0.2, 0) is 0 Å². The molecule has 2 aromatic heterocycles. The molecule has 1 aliphatic rings. The number of nitrogens with two attached hydrogens (primary N) is 1. The fourth-order valence-corrected chi connectivity index (χ4v) is 4.20. The van der Waals surface area contributed by atoms with E-state index in [1.54, 1.807) is 12.3 Å². The monoisotopic (exact) mass is 397 g/mol. The molecule has 0 aliphatic carbocycles. The van der Waals surface area contributed by atoms with Crippen LogP contribution in [0, 0.1) is 0 Å². The first-order valence-electron chi connectivity index (χ1n) is 8.23. The molecule has 1 aromatic carbocycles. The first-order chi connectivity index (χ1) is 13.0. The van der Waals surface area contributed by atoms with Gasteiger partial charge in [0.25, 0.3) is 0 Å². The Balaban J connectivity index is 1.78. The second-order valence-corrected chi connectivity index (χ2v) is 7.33. The highest BCUT2D eigenvalue weighted by molar-refractivity contribution is 7.11. The van der Waals surface area contributed by atoms with Crippen molar-refractivity contribution in [2.24, 2.45) is 0 Å². The van der Waals surface area contributed by atoms with Gasteiger partial charge in [0.05, 0.1) is 11.7 Å². The lowest BCUT2D eigenvalue weighted by molar-refractivity contribution is 0.240. The highest BCUT2D eigenvalue weighted by atomic mass is 35.5. The largest absolute Gasteiger partial charge is 0.399 e. The lowest BCUT2D eigenvalue weighted by Crippen LogP contribution is -2.43. The molecule has 136 valence electrons. The standard InChI is InChI=1S/C19H16ClN5OS/c1-10-15(16(25-19(26)23-10)13-3-2-8-22-17(13)20)18-24-14(9-27-18)11-4-6-12(21)7-5-11/h2-9,16H,21H2,1H3,(H2,23,25,26). The Hall–Kier alpha value is -2.90. The van der Waals surface area contributed by atoms with Crippen molar-refractivity contribution in [3.8, 4) is 11.3 Å². The van der Waals surface area contributed by atoms with E-state index in [4.69, 9.17) is 22.3 Å². The summed E-state index contributed by atoms with van der Waals surface area (Å²) in [5.41, 5.74) is 10.6. The van der Waals surface area contributed by atoms with E-state index in [2.05, 4.69) is 15.6 Å². The number of nitrogens with one attached hydrogen (secondary N) is 2. The molecule has 0 radical (unpaired) electrons. The van der Waals surface area contributed by atoms with Gasteiger partial charge in [-0.1, -0.05) is 29.8 Å². The molecule has 0 saturated carbocycles. The Kier molecular flexibility index (Phi) is 4.55. The van der Waals surface area contributed by atoms with Gasteiger partial charge in [-0.3, -0.25) is 0 Å². The number of hydrogen-bond donors (Lipinski definition) is 3. The summed E-state index contributed by atoms with van der Waals surface area (Å²) in [6.07, 6.45) is 1.62. The van der Waals surface area contributed by atoms with Crippen molar-refractivity contribution in [1.29, 1.82) is 0 Å². The minimum absolute atomic E-state index is 0.281. The van der Waals surface area contributed by atoms with Crippen LogP contribution in [0.5, 0.6) is 0 Å². The lowest BCUT2D eigenvalue weighted by atomic mass is 9.97. The number of pyridine rings is 1. The number of carbonyl (C=O) groups is 1. The molecule has 0 saturated heterocycles. The quantitative estimate of drug-likeness (QED) is 0.455. The van der Waals surface area contributed by atoms with Crippen LogP contribution in [-0.4, -0.2) is 16.0 Å². The van der Waals surface area contributed by atoms with E-state index < -0.39 is 6.04 Å². The number of nitrogen functional groups attached to an aromatic ring is 1. The fourth-order valence-electron chi connectivity index (χ4n) is 3.01. The number of halogens is 1. The molecule has 4 N–H and O–H groups in total. The van der Waals surface area contributed by atoms with Gasteiger partial charge < -0.3 is 16.4 Å². The SMILES string of the molecule is CC1=C(c2nc(-c3ccc(N)cc3)cs2)C(c2cccnc2Cl)NC(=O)N1. The van der Waals surface area contributed by atoms with Crippen LogP contribution >= 0.6 is 22.9 Å². The molecule has 0 spiro atoms. The molecule has 4 rings (SSSR count). The number of benzene rings is 1. The van der Waals surface area contributed by atoms with E-state index in [0.29, 0.717) is 10.8 Å². The third-order valence-electron chi connectivity index (χ3n) is 4.31.